The molecule has 0 saturated carbocycles. The molecule has 1 heterocycles. The number of para-hydroxylation sites is 2. The summed E-state index contributed by atoms with van der Waals surface area (Å²) < 4.78 is 5.42. The van der Waals surface area contributed by atoms with Gasteiger partial charge in [-0.25, -0.2) is 0 Å². The standard InChI is InChI=1S/C20H25N3O2.2ClH/c21-18-7-3-1-5-16(18)9-10-20(24)22-15-17-6-2-4-8-19(17)23-11-13-25-14-12-23;;/h1-8H,9-15,21H2,(H,22,24);2*1H. The number of carbonyl (C=O) groups is 1. The molecule has 0 atom stereocenters. The van der Waals surface area contributed by atoms with Gasteiger partial charge in [0.1, 0.15) is 0 Å². The molecule has 1 amide bonds. The van der Waals surface area contributed by atoms with Crippen LogP contribution in [-0.4, -0.2) is 32.2 Å². The summed E-state index contributed by atoms with van der Waals surface area (Å²) >= 11 is 0. The molecule has 5 nitrogen and oxygen atoms in total. The molecule has 1 fully saturated rings. The fraction of sp³-hybridized carbons (Fsp3) is 0.350. The van der Waals surface area contributed by atoms with Crippen LogP contribution in [0.2, 0.25) is 0 Å². The summed E-state index contributed by atoms with van der Waals surface area (Å²) in [6.07, 6.45) is 1.09. The minimum atomic E-state index is 0. The topological polar surface area (TPSA) is 67.6 Å². The molecular weight excluding hydrogens is 385 g/mol. The van der Waals surface area contributed by atoms with Crippen LogP contribution in [0, 0.1) is 0 Å². The summed E-state index contributed by atoms with van der Waals surface area (Å²) in [6, 6.07) is 15.9. The number of halogens is 2. The second-order valence-corrected chi connectivity index (χ2v) is 6.20. The average molecular weight is 412 g/mol. The summed E-state index contributed by atoms with van der Waals surface area (Å²) in [5.41, 5.74) is 10.0. The van der Waals surface area contributed by atoms with E-state index < -0.39 is 0 Å². The first-order chi connectivity index (χ1) is 12.2. The zero-order chi connectivity index (χ0) is 17.5. The van der Waals surface area contributed by atoms with Crippen LogP contribution in [0.3, 0.4) is 0 Å². The van der Waals surface area contributed by atoms with Crippen molar-refractivity contribution in [1.82, 2.24) is 5.32 Å². The molecule has 0 spiro atoms. The maximum Gasteiger partial charge on any atom is 0.220 e. The number of carbonyl (C=O) groups excluding carboxylic acids is 1. The van der Waals surface area contributed by atoms with Crippen molar-refractivity contribution in [3.05, 3.63) is 59.7 Å². The molecule has 1 saturated heterocycles. The fourth-order valence-corrected chi connectivity index (χ4v) is 3.07. The highest BCUT2D eigenvalue weighted by Crippen LogP contribution is 2.21. The number of benzene rings is 2. The van der Waals surface area contributed by atoms with Gasteiger partial charge in [-0.2, -0.15) is 0 Å². The van der Waals surface area contributed by atoms with E-state index in [0.717, 1.165) is 43.1 Å². The Bertz CT molecular complexity index is 722. The first-order valence-electron chi connectivity index (χ1n) is 8.75. The summed E-state index contributed by atoms with van der Waals surface area (Å²) in [5, 5.41) is 3.03. The molecule has 148 valence electrons. The van der Waals surface area contributed by atoms with Crippen molar-refractivity contribution in [2.75, 3.05) is 36.9 Å². The van der Waals surface area contributed by atoms with Crippen molar-refractivity contribution in [2.24, 2.45) is 0 Å². The number of nitrogen functional groups attached to an aromatic ring is 1. The molecule has 0 bridgehead atoms. The third-order valence-corrected chi connectivity index (χ3v) is 4.50. The van der Waals surface area contributed by atoms with E-state index in [-0.39, 0.29) is 30.7 Å². The van der Waals surface area contributed by atoms with Gasteiger partial charge in [-0.05, 0) is 29.7 Å². The highest BCUT2D eigenvalue weighted by Gasteiger charge is 2.14. The molecule has 0 aliphatic carbocycles. The summed E-state index contributed by atoms with van der Waals surface area (Å²) in [7, 11) is 0. The van der Waals surface area contributed by atoms with Crippen molar-refractivity contribution < 1.29 is 9.53 Å². The van der Waals surface area contributed by atoms with E-state index in [9.17, 15) is 4.79 Å². The van der Waals surface area contributed by atoms with Crippen molar-refractivity contribution in [2.45, 2.75) is 19.4 Å². The van der Waals surface area contributed by atoms with Crippen LogP contribution in [-0.2, 0) is 22.5 Å². The predicted octanol–water partition coefficient (Wildman–Crippen LogP) is 3.20. The molecule has 3 rings (SSSR count). The van der Waals surface area contributed by atoms with Crippen LogP contribution in [0.1, 0.15) is 17.5 Å². The number of nitrogens with one attached hydrogen (secondary N) is 1. The quantitative estimate of drug-likeness (QED) is 0.716. The Kier molecular flexibility index (Phi) is 10.0. The number of nitrogens with two attached hydrogens (primary N) is 1. The highest BCUT2D eigenvalue weighted by atomic mass is 35.5. The number of morpholine rings is 1. The van der Waals surface area contributed by atoms with Gasteiger partial charge in [0.05, 0.1) is 13.2 Å². The molecule has 1 aliphatic heterocycles. The van der Waals surface area contributed by atoms with Crippen LogP contribution in [0.5, 0.6) is 0 Å². The molecule has 0 aromatic heterocycles. The highest BCUT2D eigenvalue weighted by molar-refractivity contribution is 5.85. The van der Waals surface area contributed by atoms with Gasteiger partial charge in [-0.3, -0.25) is 4.79 Å². The van der Waals surface area contributed by atoms with Gasteiger partial charge in [-0.1, -0.05) is 36.4 Å². The number of anilines is 2. The second-order valence-electron chi connectivity index (χ2n) is 6.20. The Labute approximate surface area is 173 Å². The number of hydrogen-bond donors (Lipinski definition) is 2. The Morgan fingerprint density at radius 2 is 1.63 bits per heavy atom. The Hall–Kier alpha value is -1.95. The third kappa shape index (κ3) is 6.61. The molecule has 27 heavy (non-hydrogen) atoms. The lowest BCUT2D eigenvalue weighted by Crippen LogP contribution is -2.37. The zero-order valence-corrected chi connectivity index (χ0v) is 16.9. The van der Waals surface area contributed by atoms with Gasteiger partial charge in [0.15, 0.2) is 0 Å². The third-order valence-electron chi connectivity index (χ3n) is 4.50. The van der Waals surface area contributed by atoms with Gasteiger partial charge in [-0.15, -0.1) is 24.8 Å². The summed E-state index contributed by atoms with van der Waals surface area (Å²) in [5.74, 6) is 0.0417. The van der Waals surface area contributed by atoms with E-state index in [1.807, 2.05) is 36.4 Å². The zero-order valence-electron chi connectivity index (χ0n) is 15.2. The monoisotopic (exact) mass is 411 g/mol. The summed E-state index contributed by atoms with van der Waals surface area (Å²) in [6.45, 7) is 3.81. The largest absolute Gasteiger partial charge is 0.399 e. The lowest BCUT2D eigenvalue weighted by Gasteiger charge is -2.30. The minimum Gasteiger partial charge on any atom is -0.399 e. The van der Waals surface area contributed by atoms with Gasteiger partial charge in [0.2, 0.25) is 5.91 Å². The number of hydrogen-bond acceptors (Lipinski definition) is 4. The number of aryl methyl sites for hydroxylation is 1. The van der Waals surface area contributed by atoms with Crippen LogP contribution < -0.4 is 16.0 Å². The number of nitrogens with zero attached hydrogens (tertiary/aromatic N) is 1. The molecule has 2 aromatic rings. The molecule has 1 aliphatic rings. The molecular formula is C20H27Cl2N3O2. The van der Waals surface area contributed by atoms with Gasteiger partial charge >= 0.3 is 0 Å². The van der Waals surface area contributed by atoms with E-state index in [0.29, 0.717) is 19.4 Å². The Morgan fingerprint density at radius 1 is 1.00 bits per heavy atom. The van der Waals surface area contributed by atoms with E-state index in [1.165, 1.54) is 5.69 Å². The lowest BCUT2D eigenvalue weighted by molar-refractivity contribution is -0.121. The number of rotatable bonds is 6. The van der Waals surface area contributed by atoms with Crippen molar-refractivity contribution >= 4 is 42.1 Å². The lowest BCUT2D eigenvalue weighted by atomic mass is 10.1. The summed E-state index contributed by atoms with van der Waals surface area (Å²) in [4.78, 5) is 14.5. The van der Waals surface area contributed by atoms with Crippen molar-refractivity contribution in [1.29, 1.82) is 0 Å². The smallest absolute Gasteiger partial charge is 0.220 e. The fourth-order valence-electron chi connectivity index (χ4n) is 3.07. The van der Waals surface area contributed by atoms with Crippen LogP contribution in [0.15, 0.2) is 48.5 Å². The van der Waals surface area contributed by atoms with Crippen LogP contribution in [0.25, 0.3) is 0 Å². The predicted molar refractivity (Wildman–Crippen MR) is 115 cm³/mol. The first-order valence-corrected chi connectivity index (χ1v) is 8.75. The average Bonchev–Trinajstić information content (AvgIpc) is 2.66. The molecule has 7 heteroatoms. The van der Waals surface area contributed by atoms with Gasteiger partial charge in [0, 0.05) is 37.4 Å². The Balaban J connectivity index is 0.00000182. The van der Waals surface area contributed by atoms with Gasteiger partial charge < -0.3 is 20.7 Å². The molecule has 3 N–H and O–H groups in total. The molecule has 0 unspecified atom stereocenters. The SMILES string of the molecule is Cl.Cl.Nc1ccccc1CCC(=O)NCc1ccccc1N1CCOCC1. The van der Waals surface area contributed by atoms with E-state index in [2.05, 4.69) is 22.3 Å². The van der Waals surface area contributed by atoms with Crippen molar-refractivity contribution in [3.63, 3.8) is 0 Å². The second kappa shape index (κ2) is 11.7. The Morgan fingerprint density at radius 3 is 2.33 bits per heavy atom. The normalized spacial score (nSPS) is 13.3. The van der Waals surface area contributed by atoms with Crippen LogP contribution >= 0.6 is 24.8 Å². The van der Waals surface area contributed by atoms with E-state index >= 15 is 0 Å². The van der Waals surface area contributed by atoms with E-state index in [4.69, 9.17) is 10.5 Å². The first kappa shape index (κ1) is 23.1. The van der Waals surface area contributed by atoms with Gasteiger partial charge in [0.25, 0.3) is 0 Å². The molecule has 2 aromatic carbocycles. The number of ether oxygens (including phenoxy) is 1. The van der Waals surface area contributed by atoms with E-state index in [1.54, 1.807) is 0 Å². The maximum atomic E-state index is 12.2. The van der Waals surface area contributed by atoms with Crippen molar-refractivity contribution in [3.8, 4) is 0 Å². The van der Waals surface area contributed by atoms with Crippen LogP contribution in [0.4, 0.5) is 11.4 Å². The maximum absolute atomic E-state index is 12.2. The minimum absolute atomic E-state index is 0. The molecule has 0 radical (unpaired) electrons. The number of amides is 1.